The Morgan fingerprint density at radius 1 is 1.69 bits per heavy atom. The fourth-order valence-electron chi connectivity index (χ4n) is 2.10. The molecule has 16 heavy (non-hydrogen) atoms. The zero-order valence-corrected chi connectivity index (χ0v) is 10.5. The average Bonchev–Trinajstić information content (AvgIpc) is 2.30. The predicted molar refractivity (Wildman–Crippen MR) is 66.3 cm³/mol. The van der Waals surface area contributed by atoms with Gasteiger partial charge in [0.2, 0.25) is 5.91 Å². The van der Waals surface area contributed by atoms with Gasteiger partial charge in [-0.2, -0.15) is 0 Å². The molecule has 0 aromatic carbocycles. The van der Waals surface area contributed by atoms with Crippen LogP contribution < -0.4 is 10.6 Å². The van der Waals surface area contributed by atoms with Gasteiger partial charge in [0.15, 0.2) is 0 Å². The molecular formula is C12H23N3O. The number of amides is 1. The van der Waals surface area contributed by atoms with E-state index in [0.717, 1.165) is 19.6 Å². The van der Waals surface area contributed by atoms with Crippen molar-refractivity contribution in [2.75, 3.05) is 33.2 Å². The van der Waals surface area contributed by atoms with E-state index in [9.17, 15) is 4.79 Å². The van der Waals surface area contributed by atoms with Crippen LogP contribution in [0.5, 0.6) is 0 Å². The number of rotatable bonds is 4. The molecule has 92 valence electrons. The van der Waals surface area contributed by atoms with Gasteiger partial charge < -0.3 is 10.6 Å². The first-order valence-corrected chi connectivity index (χ1v) is 5.77. The summed E-state index contributed by atoms with van der Waals surface area (Å²) in [6, 6.07) is -0.0928. The molecule has 0 saturated carbocycles. The van der Waals surface area contributed by atoms with Crippen molar-refractivity contribution in [2.45, 2.75) is 19.9 Å². The summed E-state index contributed by atoms with van der Waals surface area (Å²) in [5.74, 6) is 0.113. The Labute approximate surface area is 98.1 Å². The first-order chi connectivity index (χ1) is 7.50. The first kappa shape index (κ1) is 13.2. The largest absolute Gasteiger partial charge is 0.354 e. The van der Waals surface area contributed by atoms with Crippen molar-refractivity contribution >= 4 is 5.91 Å². The molecule has 1 amide bonds. The molecule has 1 aliphatic rings. The number of carbonyl (C=O) groups excluding carboxylic acids is 1. The number of likely N-dealkylation sites (N-methyl/N-ethyl adjacent to an activating group) is 1. The van der Waals surface area contributed by atoms with Crippen LogP contribution in [0.2, 0.25) is 0 Å². The van der Waals surface area contributed by atoms with Crippen LogP contribution in [0.15, 0.2) is 12.7 Å². The molecule has 1 heterocycles. The van der Waals surface area contributed by atoms with Crippen molar-refractivity contribution in [1.29, 1.82) is 0 Å². The molecule has 1 saturated heterocycles. The quantitative estimate of drug-likeness (QED) is 0.673. The van der Waals surface area contributed by atoms with Gasteiger partial charge in [0.1, 0.15) is 6.04 Å². The molecule has 1 unspecified atom stereocenters. The monoisotopic (exact) mass is 225 g/mol. The minimum atomic E-state index is -0.0928. The summed E-state index contributed by atoms with van der Waals surface area (Å²) in [4.78, 5) is 14.1. The van der Waals surface area contributed by atoms with Gasteiger partial charge in [0, 0.05) is 26.2 Å². The minimum absolute atomic E-state index is 0.0928. The van der Waals surface area contributed by atoms with E-state index < -0.39 is 0 Å². The van der Waals surface area contributed by atoms with Crippen molar-refractivity contribution < 1.29 is 4.79 Å². The summed E-state index contributed by atoms with van der Waals surface area (Å²) in [6.45, 7) is 11.2. The Kier molecular flexibility index (Phi) is 4.50. The van der Waals surface area contributed by atoms with Gasteiger partial charge in [-0.05, 0) is 12.5 Å². The average molecular weight is 225 g/mol. The fraction of sp³-hybridized carbons (Fsp3) is 0.750. The van der Waals surface area contributed by atoms with Crippen LogP contribution in [0.4, 0.5) is 0 Å². The maximum absolute atomic E-state index is 12.0. The summed E-state index contributed by atoms with van der Waals surface area (Å²) in [6.07, 6.45) is 1.86. The molecule has 4 heteroatoms. The van der Waals surface area contributed by atoms with Crippen molar-refractivity contribution in [3.63, 3.8) is 0 Å². The van der Waals surface area contributed by atoms with Crippen LogP contribution in [0, 0.1) is 5.41 Å². The van der Waals surface area contributed by atoms with E-state index in [0.29, 0.717) is 6.54 Å². The Bertz CT molecular complexity index is 263. The van der Waals surface area contributed by atoms with E-state index >= 15 is 0 Å². The van der Waals surface area contributed by atoms with Gasteiger partial charge in [-0.25, -0.2) is 0 Å². The second-order valence-corrected chi connectivity index (χ2v) is 5.17. The lowest BCUT2D eigenvalue weighted by atomic mass is 9.93. The number of hydrogen-bond acceptors (Lipinski definition) is 3. The summed E-state index contributed by atoms with van der Waals surface area (Å²) in [5, 5.41) is 6.08. The highest BCUT2D eigenvalue weighted by Crippen LogP contribution is 2.20. The molecule has 0 aliphatic carbocycles. The normalized spacial score (nSPS) is 25.9. The van der Waals surface area contributed by atoms with E-state index in [1.165, 1.54) is 0 Å². The third kappa shape index (κ3) is 3.32. The highest BCUT2D eigenvalue weighted by atomic mass is 16.2. The standard InChI is InChI=1S/C12H23N3O/c1-5-6-15-9-12(2,3)8-14-11(16)10(15)7-13-4/h5,10,13H,1,6-9H2,2-4H3,(H,14,16). The van der Waals surface area contributed by atoms with Crippen LogP contribution >= 0.6 is 0 Å². The number of nitrogens with one attached hydrogen (secondary N) is 2. The van der Waals surface area contributed by atoms with Crippen LogP contribution in [0.1, 0.15) is 13.8 Å². The van der Waals surface area contributed by atoms with E-state index in [2.05, 4.69) is 36.0 Å². The maximum Gasteiger partial charge on any atom is 0.238 e. The maximum atomic E-state index is 12.0. The molecule has 0 aromatic heterocycles. The van der Waals surface area contributed by atoms with Crippen molar-refractivity contribution in [3.8, 4) is 0 Å². The van der Waals surface area contributed by atoms with Crippen LogP contribution in [-0.4, -0.2) is 50.1 Å². The second-order valence-electron chi connectivity index (χ2n) is 5.17. The molecule has 4 nitrogen and oxygen atoms in total. The smallest absolute Gasteiger partial charge is 0.238 e. The molecular weight excluding hydrogens is 202 g/mol. The van der Waals surface area contributed by atoms with Crippen molar-refractivity contribution in [2.24, 2.45) is 5.41 Å². The molecule has 1 atom stereocenters. The molecule has 0 bridgehead atoms. The Morgan fingerprint density at radius 3 is 2.94 bits per heavy atom. The van der Waals surface area contributed by atoms with Gasteiger partial charge in [-0.15, -0.1) is 6.58 Å². The molecule has 0 spiro atoms. The minimum Gasteiger partial charge on any atom is -0.354 e. The molecule has 1 fully saturated rings. The summed E-state index contributed by atoms with van der Waals surface area (Å²) in [5.41, 5.74) is 0.112. The third-order valence-corrected chi connectivity index (χ3v) is 2.88. The van der Waals surface area contributed by atoms with Crippen molar-refractivity contribution in [3.05, 3.63) is 12.7 Å². The lowest BCUT2D eigenvalue weighted by Crippen LogP contribution is -2.49. The van der Waals surface area contributed by atoms with Crippen LogP contribution in [0.25, 0.3) is 0 Å². The zero-order chi connectivity index (χ0) is 12.2. The fourth-order valence-corrected chi connectivity index (χ4v) is 2.10. The van der Waals surface area contributed by atoms with Gasteiger partial charge in [-0.1, -0.05) is 19.9 Å². The lowest BCUT2D eigenvalue weighted by molar-refractivity contribution is -0.125. The zero-order valence-electron chi connectivity index (χ0n) is 10.5. The van der Waals surface area contributed by atoms with E-state index in [1.807, 2.05) is 13.1 Å². The van der Waals surface area contributed by atoms with Gasteiger partial charge in [0.05, 0.1) is 0 Å². The van der Waals surface area contributed by atoms with Gasteiger partial charge in [-0.3, -0.25) is 9.69 Å². The van der Waals surface area contributed by atoms with Crippen molar-refractivity contribution in [1.82, 2.24) is 15.5 Å². The first-order valence-electron chi connectivity index (χ1n) is 5.77. The van der Waals surface area contributed by atoms with Crippen LogP contribution in [0.3, 0.4) is 0 Å². The topological polar surface area (TPSA) is 44.4 Å². The second kappa shape index (κ2) is 5.46. The lowest BCUT2D eigenvalue weighted by Gasteiger charge is -2.31. The summed E-state index contributed by atoms with van der Waals surface area (Å²) in [7, 11) is 1.87. The van der Waals surface area contributed by atoms with Crippen LogP contribution in [-0.2, 0) is 4.79 Å². The highest BCUT2D eigenvalue weighted by molar-refractivity contribution is 5.82. The molecule has 1 aliphatic heterocycles. The number of nitrogens with zero attached hydrogens (tertiary/aromatic N) is 1. The Hall–Kier alpha value is -0.870. The summed E-state index contributed by atoms with van der Waals surface area (Å²) >= 11 is 0. The Morgan fingerprint density at radius 2 is 2.38 bits per heavy atom. The Balaban J connectivity index is 2.83. The van der Waals surface area contributed by atoms with E-state index in [-0.39, 0.29) is 17.4 Å². The number of hydrogen-bond donors (Lipinski definition) is 2. The molecule has 0 radical (unpaired) electrons. The SMILES string of the molecule is C=CCN1CC(C)(C)CNC(=O)C1CNC. The van der Waals surface area contributed by atoms with E-state index in [4.69, 9.17) is 0 Å². The number of carbonyl (C=O) groups is 1. The molecule has 1 rings (SSSR count). The van der Waals surface area contributed by atoms with Gasteiger partial charge in [0.25, 0.3) is 0 Å². The summed E-state index contributed by atoms with van der Waals surface area (Å²) < 4.78 is 0. The molecule has 2 N–H and O–H groups in total. The highest BCUT2D eigenvalue weighted by Gasteiger charge is 2.34. The molecule has 0 aromatic rings. The van der Waals surface area contributed by atoms with E-state index in [1.54, 1.807) is 0 Å². The third-order valence-electron chi connectivity index (χ3n) is 2.88. The predicted octanol–water partition coefficient (Wildman–Crippen LogP) is 0.218. The van der Waals surface area contributed by atoms with Gasteiger partial charge >= 0.3 is 0 Å².